The van der Waals surface area contributed by atoms with Crippen LogP contribution in [-0.4, -0.2) is 11.0 Å². The van der Waals surface area contributed by atoms with Crippen molar-refractivity contribution in [3.05, 3.63) is 12.8 Å². The predicted molar refractivity (Wildman–Crippen MR) is 62.8 cm³/mol. The maximum atomic E-state index is 2.50. The first-order valence-corrected chi connectivity index (χ1v) is 6.75. The van der Waals surface area contributed by atoms with Crippen molar-refractivity contribution in [2.45, 2.75) is 57.1 Å². The van der Waals surface area contributed by atoms with Gasteiger partial charge in [-0.2, -0.15) is 11.8 Å². The molecule has 1 aliphatic carbocycles. The second kappa shape index (κ2) is 7.73. The molecule has 0 aromatic carbocycles. The monoisotopic (exact) mass is 198 g/mol. The molecule has 13 heavy (non-hydrogen) atoms. The average Bonchev–Trinajstić information content (AvgIpc) is 2.19. The first-order chi connectivity index (χ1) is 6.43. The van der Waals surface area contributed by atoms with Crippen molar-refractivity contribution in [3.63, 3.8) is 0 Å². The van der Waals surface area contributed by atoms with Crippen molar-refractivity contribution in [3.8, 4) is 0 Å². The van der Waals surface area contributed by atoms with Crippen molar-refractivity contribution < 1.29 is 0 Å². The van der Waals surface area contributed by atoms with E-state index in [-0.39, 0.29) is 0 Å². The van der Waals surface area contributed by atoms with E-state index in [1.54, 1.807) is 0 Å². The minimum absolute atomic E-state index is 0.843. The molecule has 0 N–H and O–H groups in total. The number of hydrogen-bond donors (Lipinski definition) is 0. The SMILES string of the molecule is CCCCCCSC1[CH]CC[CH]C1. The summed E-state index contributed by atoms with van der Waals surface area (Å²) < 4.78 is 0. The standard InChI is InChI=1S/C12H22S/c1-2-3-4-8-11-13-12-9-6-5-7-10-12/h6,10,12H,2-5,7-9,11H2,1H3. The van der Waals surface area contributed by atoms with Gasteiger partial charge < -0.3 is 0 Å². The van der Waals surface area contributed by atoms with E-state index in [1.807, 2.05) is 0 Å². The normalized spacial score (nSPS) is 19.2. The lowest BCUT2D eigenvalue weighted by molar-refractivity contribution is 0.700. The molecule has 0 nitrogen and oxygen atoms in total. The van der Waals surface area contributed by atoms with Crippen molar-refractivity contribution in [2.24, 2.45) is 0 Å². The van der Waals surface area contributed by atoms with Crippen LogP contribution < -0.4 is 0 Å². The van der Waals surface area contributed by atoms with Gasteiger partial charge in [0, 0.05) is 5.25 Å². The molecule has 1 saturated carbocycles. The highest BCUT2D eigenvalue weighted by molar-refractivity contribution is 8.00. The highest BCUT2D eigenvalue weighted by atomic mass is 32.2. The minimum atomic E-state index is 0.843. The summed E-state index contributed by atoms with van der Waals surface area (Å²) in [6.07, 6.45) is 14.5. The fourth-order valence-electron chi connectivity index (χ4n) is 1.68. The molecule has 1 rings (SSSR count). The quantitative estimate of drug-likeness (QED) is 0.575. The molecule has 1 fully saturated rings. The molecule has 2 radical (unpaired) electrons. The summed E-state index contributed by atoms with van der Waals surface area (Å²) in [5.41, 5.74) is 0. The third kappa shape index (κ3) is 5.61. The number of unbranched alkanes of at least 4 members (excludes halogenated alkanes) is 3. The fourth-order valence-corrected chi connectivity index (χ4v) is 2.90. The summed E-state index contributed by atoms with van der Waals surface area (Å²) in [7, 11) is 0. The maximum Gasteiger partial charge on any atom is 0.00811 e. The molecule has 0 heterocycles. The largest absolute Gasteiger partial charge is 0.158 e. The molecule has 1 aliphatic rings. The van der Waals surface area contributed by atoms with Gasteiger partial charge in [0.1, 0.15) is 0 Å². The van der Waals surface area contributed by atoms with Gasteiger partial charge in [0.05, 0.1) is 0 Å². The van der Waals surface area contributed by atoms with Crippen LogP contribution in [0.2, 0.25) is 0 Å². The molecular weight excluding hydrogens is 176 g/mol. The molecular formula is C12H22S. The Morgan fingerprint density at radius 3 is 2.85 bits per heavy atom. The van der Waals surface area contributed by atoms with Gasteiger partial charge in [-0.1, -0.05) is 26.2 Å². The topological polar surface area (TPSA) is 0 Å². The van der Waals surface area contributed by atoms with E-state index in [0.29, 0.717) is 0 Å². The van der Waals surface area contributed by atoms with Gasteiger partial charge in [0.15, 0.2) is 0 Å². The van der Waals surface area contributed by atoms with Crippen LogP contribution in [0.15, 0.2) is 0 Å². The van der Waals surface area contributed by atoms with E-state index >= 15 is 0 Å². The van der Waals surface area contributed by atoms with Gasteiger partial charge in [-0.15, -0.1) is 0 Å². The van der Waals surface area contributed by atoms with E-state index < -0.39 is 0 Å². The zero-order chi connectivity index (χ0) is 9.36. The number of rotatable bonds is 6. The summed E-state index contributed by atoms with van der Waals surface area (Å²) in [4.78, 5) is 0. The van der Waals surface area contributed by atoms with Crippen LogP contribution in [0.25, 0.3) is 0 Å². The van der Waals surface area contributed by atoms with Crippen LogP contribution >= 0.6 is 11.8 Å². The van der Waals surface area contributed by atoms with E-state index in [4.69, 9.17) is 0 Å². The van der Waals surface area contributed by atoms with Crippen LogP contribution in [0.1, 0.15) is 51.9 Å². The first-order valence-electron chi connectivity index (χ1n) is 5.70. The predicted octanol–water partition coefficient (Wildman–Crippen LogP) is 4.26. The second-order valence-electron chi connectivity index (χ2n) is 3.81. The van der Waals surface area contributed by atoms with Gasteiger partial charge in [0.2, 0.25) is 0 Å². The molecule has 76 valence electrons. The molecule has 1 atom stereocenters. The fraction of sp³-hybridized carbons (Fsp3) is 0.833. The summed E-state index contributed by atoms with van der Waals surface area (Å²) in [5, 5.41) is 0.843. The molecule has 0 bridgehead atoms. The van der Waals surface area contributed by atoms with Crippen molar-refractivity contribution in [1.82, 2.24) is 0 Å². The van der Waals surface area contributed by atoms with Crippen molar-refractivity contribution in [1.29, 1.82) is 0 Å². The van der Waals surface area contributed by atoms with Gasteiger partial charge in [-0.3, -0.25) is 0 Å². The average molecular weight is 198 g/mol. The summed E-state index contributed by atoms with van der Waals surface area (Å²) in [6.45, 7) is 2.27. The zero-order valence-electron chi connectivity index (χ0n) is 8.80. The number of hydrogen-bond acceptors (Lipinski definition) is 1. The lowest BCUT2D eigenvalue weighted by Crippen LogP contribution is -2.09. The minimum Gasteiger partial charge on any atom is -0.158 e. The van der Waals surface area contributed by atoms with Gasteiger partial charge in [-0.25, -0.2) is 0 Å². The molecule has 0 aliphatic heterocycles. The Bertz CT molecular complexity index is 106. The first kappa shape index (κ1) is 11.4. The van der Waals surface area contributed by atoms with E-state index in [2.05, 4.69) is 31.5 Å². The lowest BCUT2D eigenvalue weighted by atomic mass is 10.0. The van der Waals surface area contributed by atoms with Gasteiger partial charge in [0.25, 0.3) is 0 Å². The van der Waals surface area contributed by atoms with E-state index in [1.165, 1.54) is 50.7 Å². The third-order valence-corrected chi connectivity index (χ3v) is 3.87. The van der Waals surface area contributed by atoms with Crippen LogP contribution in [-0.2, 0) is 0 Å². The Labute approximate surface area is 87.9 Å². The van der Waals surface area contributed by atoms with E-state index in [9.17, 15) is 0 Å². The lowest BCUT2D eigenvalue weighted by Gasteiger charge is -2.20. The third-order valence-electron chi connectivity index (χ3n) is 2.53. The highest BCUT2D eigenvalue weighted by Crippen LogP contribution is 2.27. The highest BCUT2D eigenvalue weighted by Gasteiger charge is 2.13. The molecule has 0 amide bonds. The van der Waals surface area contributed by atoms with Crippen LogP contribution in [0, 0.1) is 12.8 Å². The van der Waals surface area contributed by atoms with Crippen molar-refractivity contribution in [2.75, 3.05) is 5.75 Å². The van der Waals surface area contributed by atoms with E-state index in [0.717, 1.165) is 5.25 Å². The Morgan fingerprint density at radius 2 is 2.15 bits per heavy atom. The zero-order valence-corrected chi connectivity index (χ0v) is 9.61. The van der Waals surface area contributed by atoms with Crippen molar-refractivity contribution >= 4 is 11.8 Å². The maximum absolute atomic E-state index is 2.50. The molecule has 0 aromatic rings. The Morgan fingerprint density at radius 1 is 1.23 bits per heavy atom. The Hall–Kier alpha value is 0.350. The van der Waals surface area contributed by atoms with Crippen LogP contribution in [0.4, 0.5) is 0 Å². The van der Waals surface area contributed by atoms with Gasteiger partial charge >= 0.3 is 0 Å². The molecule has 0 saturated heterocycles. The van der Waals surface area contributed by atoms with Crippen LogP contribution in [0.5, 0.6) is 0 Å². The molecule has 0 spiro atoms. The molecule has 1 heteroatoms. The summed E-state index contributed by atoms with van der Waals surface area (Å²) in [6, 6.07) is 0. The second-order valence-corrected chi connectivity index (χ2v) is 5.15. The smallest absolute Gasteiger partial charge is 0.00811 e. The summed E-state index contributed by atoms with van der Waals surface area (Å²) in [5.74, 6) is 1.37. The molecule has 0 aromatic heterocycles. The molecule has 1 unspecified atom stereocenters. The Balaban J connectivity index is 1.86. The number of thioether (sulfide) groups is 1. The summed E-state index contributed by atoms with van der Waals surface area (Å²) >= 11 is 2.16. The Kier molecular flexibility index (Phi) is 6.79. The van der Waals surface area contributed by atoms with Gasteiger partial charge in [-0.05, 0) is 44.3 Å². The van der Waals surface area contributed by atoms with Crippen LogP contribution in [0.3, 0.4) is 0 Å².